The molecule has 0 bridgehead atoms. The van der Waals surface area contributed by atoms with Crippen molar-refractivity contribution in [2.45, 2.75) is 0 Å². The van der Waals surface area contributed by atoms with E-state index in [-0.39, 0.29) is 0 Å². The van der Waals surface area contributed by atoms with Gasteiger partial charge in [-0.3, -0.25) is 0 Å². The molecule has 0 atom stereocenters. The summed E-state index contributed by atoms with van der Waals surface area (Å²) in [5.74, 6) is 3.95. The molecule has 0 aliphatic heterocycles. The summed E-state index contributed by atoms with van der Waals surface area (Å²) in [6.07, 6.45) is 0. The summed E-state index contributed by atoms with van der Waals surface area (Å²) < 4.78 is 15.0. The van der Waals surface area contributed by atoms with Gasteiger partial charge in [-0.25, -0.2) is 29.9 Å². The number of nitrogens with zero attached hydrogens (tertiary/aromatic N) is 9. The van der Waals surface area contributed by atoms with Crippen LogP contribution in [0.5, 0.6) is 0 Å². The van der Waals surface area contributed by atoms with Crippen LogP contribution in [-0.2, 0) is 0 Å². The van der Waals surface area contributed by atoms with Crippen molar-refractivity contribution in [1.29, 1.82) is 0 Å². The van der Waals surface area contributed by atoms with Crippen LogP contribution in [0.25, 0.3) is 244 Å². The molecule has 0 unspecified atom stereocenters. The molecule has 0 aliphatic rings. The van der Waals surface area contributed by atoms with E-state index in [1.54, 1.807) is 0 Å². The highest BCUT2D eigenvalue weighted by Crippen LogP contribution is 2.51. The van der Waals surface area contributed by atoms with E-state index in [9.17, 15) is 0 Å². The zero-order chi connectivity index (χ0) is 78.6. The van der Waals surface area contributed by atoms with E-state index in [0.717, 1.165) is 61.2 Å². The fraction of sp³-hybridized carbons (Fsp3) is 0. The highest BCUT2D eigenvalue weighted by molar-refractivity contribution is 7.27. The minimum atomic E-state index is 0.652. The van der Waals surface area contributed by atoms with E-state index in [0.29, 0.717) is 34.9 Å². The molecular weight excluding hydrogens is 1520 g/mol. The van der Waals surface area contributed by atoms with Gasteiger partial charge in [0.25, 0.3) is 0 Å². The molecule has 0 amide bonds. The Morgan fingerprint density at radius 2 is 0.475 bits per heavy atom. The molecule has 8 heterocycles. The van der Waals surface area contributed by atoms with Gasteiger partial charge in [0.15, 0.2) is 34.9 Å². The van der Waals surface area contributed by atoms with Gasteiger partial charge in [-0.1, -0.05) is 285 Å². The fourth-order valence-electron chi connectivity index (χ4n) is 18.8. The number of rotatable bonds is 9. The van der Waals surface area contributed by atoms with E-state index >= 15 is 0 Å². The molecule has 558 valence electrons. The van der Waals surface area contributed by atoms with Gasteiger partial charge in [0.2, 0.25) is 0 Å². The van der Waals surface area contributed by atoms with E-state index in [1.165, 1.54) is 147 Å². The Bertz CT molecular complexity index is 8610. The van der Waals surface area contributed by atoms with Crippen molar-refractivity contribution in [2.24, 2.45) is 0 Å². The summed E-state index contributed by atoms with van der Waals surface area (Å²) in [6, 6.07) is 137. The topological polar surface area (TPSA) is 92.1 Å². The lowest BCUT2D eigenvalue weighted by Gasteiger charge is -2.14. The van der Waals surface area contributed by atoms with Crippen LogP contribution < -0.4 is 0 Å². The molecule has 8 aromatic heterocycles. The molecule has 18 aromatic carbocycles. The van der Waals surface area contributed by atoms with Gasteiger partial charge in [0.1, 0.15) is 0 Å². The second kappa shape index (κ2) is 27.2. The fourth-order valence-corrected chi connectivity index (χ4v) is 22.2. The average Bonchev–Trinajstić information content (AvgIpc) is 1.52. The van der Waals surface area contributed by atoms with E-state index < -0.39 is 0 Å². The molecule has 9 nitrogen and oxygen atoms in total. The molecule has 12 heteroatoms. The van der Waals surface area contributed by atoms with Crippen molar-refractivity contribution in [3.8, 4) is 85.4 Å². The Labute approximate surface area is 698 Å². The van der Waals surface area contributed by atoms with Crippen LogP contribution in [0.1, 0.15) is 0 Å². The van der Waals surface area contributed by atoms with Gasteiger partial charge in [-0.15, -0.1) is 34.0 Å². The number of fused-ring (bicyclic) bond motifs is 27. The molecule has 26 rings (SSSR count). The van der Waals surface area contributed by atoms with E-state index in [2.05, 4.69) is 323 Å². The van der Waals surface area contributed by atoms with Gasteiger partial charge in [0.05, 0.1) is 33.1 Å². The van der Waals surface area contributed by atoms with Crippen LogP contribution in [0.3, 0.4) is 0 Å². The third kappa shape index (κ3) is 10.6. The Balaban J connectivity index is 0.000000135. The Morgan fingerprint density at radius 3 is 0.917 bits per heavy atom. The van der Waals surface area contributed by atoms with Gasteiger partial charge < -0.3 is 13.7 Å². The minimum absolute atomic E-state index is 0.652. The van der Waals surface area contributed by atoms with Crippen molar-refractivity contribution in [1.82, 2.24) is 43.6 Å². The SMILES string of the molecule is c1ccc(-c2nc(-c3ccccc3)nc(-c3cc4sc5ccc(-n6c7ccccc7c7c8c(ccc76)sc6ccccc68)cc5c4c4ccccc34)n2)cc1.c1ccc(-c2nc(-c3ccccc3)nc(-c3cc4sc5ccc(-n6c7ccccc7c7c8ccccc8c8c9ccccc9n(-c9ccccc9)c8c76)cc5c4c4ccccc34)n2)cc1. The first-order valence-corrected chi connectivity index (χ1v) is 42.8. The predicted octanol–water partition coefficient (Wildman–Crippen LogP) is 29.6. The molecular formula is C108H63N9S3. The molecule has 0 N–H and O–H groups in total. The predicted molar refractivity (Wildman–Crippen MR) is 506 cm³/mol. The van der Waals surface area contributed by atoms with Crippen molar-refractivity contribution in [2.75, 3.05) is 0 Å². The second-order valence-electron chi connectivity index (χ2n) is 30.6. The standard InChI is InChI=1S/C59H35N5S.C49H28N4S2/c1-4-18-36(19-5-1)57-60-58(37-20-6-2-7-21-37)62-59(61-57)46-35-51-52(41-25-11-10-24-40(41)46)47-34-39(32-33-50(47)65-51)64-49-31-17-15-29-45(49)54-43-27-13-12-26-42(43)53-44-28-14-16-30-48(44)63(55(53)56(54)64)38-22-8-3-9-23-38;1-3-13-29(14-4-1)47-50-48(30-15-5-2-6-16-30)52-49(51-47)36-28-43-44(33-18-8-7-17-32(33)36)37-27-31(23-25-41(37)55-43)53-38-21-11-9-19-34(38)45-39(53)24-26-42-46(45)35-20-10-12-22-40(35)54-42/h1-35H;1-28H. The minimum Gasteiger partial charge on any atom is -0.309 e. The van der Waals surface area contributed by atoms with Gasteiger partial charge in [-0.2, -0.15) is 0 Å². The number of thiophene rings is 3. The maximum absolute atomic E-state index is 5.18. The average molecular weight is 1580 g/mol. The zero-order valence-electron chi connectivity index (χ0n) is 64.1. The number of aromatic nitrogens is 9. The Morgan fingerprint density at radius 1 is 0.167 bits per heavy atom. The van der Waals surface area contributed by atoms with Crippen molar-refractivity contribution >= 4 is 192 Å². The lowest BCUT2D eigenvalue weighted by atomic mass is 9.98. The van der Waals surface area contributed by atoms with Crippen LogP contribution in [0.15, 0.2) is 382 Å². The highest BCUT2D eigenvalue weighted by atomic mass is 32.1. The van der Waals surface area contributed by atoms with E-state index in [4.69, 9.17) is 29.9 Å². The normalized spacial score (nSPS) is 12.0. The van der Waals surface area contributed by atoms with Gasteiger partial charge >= 0.3 is 0 Å². The summed E-state index contributed by atoms with van der Waals surface area (Å²) in [6.45, 7) is 0. The van der Waals surface area contributed by atoms with Crippen LogP contribution in [0, 0.1) is 0 Å². The number of benzene rings is 18. The molecule has 0 radical (unpaired) electrons. The Hall–Kier alpha value is -15.2. The first-order chi connectivity index (χ1) is 59.5. The second-order valence-corrected chi connectivity index (χ2v) is 33.9. The molecule has 0 spiro atoms. The smallest absolute Gasteiger partial charge is 0.164 e. The monoisotopic (exact) mass is 1580 g/mol. The van der Waals surface area contributed by atoms with Gasteiger partial charge in [-0.05, 0) is 129 Å². The lowest BCUT2D eigenvalue weighted by Crippen LogP contribution is -2.00. The number of hydrogen-bond donors (Lipinski definition) is 0. The third-order valence-electron chi connectivity index (χ3n) is 23.9. The van der Waals surface area contributed by atoms with Crippen LogP contribution in [-0.4, -0.2) is 43.6 Å². The Kier molecular flexibility index (Phi) is 15.4. The van der Waals surface area contributed by atoms with Crippen LogP contribution >= 0.6 is 34.0 Å². The summed E-state index contributed by atoms with van der Waals surface area (Å²) in [4.78, 5) is 30.6. The summed E-state index contributed by atoms with van der Waals surface area (Å²) in [7, 11) is 0. The van der Waals surface area contributed by atoms with Crippen molar-refractivity contribution < 1.29 is 0 Å². The van der Waals surface area contributed by atoms with Crippen LogP contribution in [0.4, 0.5) is 0 Å². The third-order valence-corrected chi connectivity index (χ3v) is 27.3. The van der Waals surface area contributed by atoms with E-state index in [1.807, 2.05) is 107 Å². The first-order valence-electron chi connectivity index (χ1n) is 40.3. The molecule has 0 aliphatic carbocycles. The summed E-state index contributed by atoms with van der Waals surface area (Å²) in [5, 5.41) is 22.3. The summed E-state index contributed by atoms with van der Waals surface area (Å²) in [5.41, 5.74) is 16.4. The number of hydrogen-bond acceptors (Lipinski definition) is 9. The van der Waals surface area contributed by atoms with Gasteiger partial charge in [0, 0.05) is 143 Å². The largest absolute Gasteiger partial charge is 0.309 e. The lowest BCUT2D eigenvalue weighted by molar-refractivity contribution is 1.08. The summed E-state index contributed by atoms with van der Waals surface area (Å²) >= 11 is 5.52. The molecule has 26 aromatic rings. The number of para-hydroxylation sites is 4. The molecule has 0 saturated heterocycles. The zero-order valence-corrected chi connectivity index (χ0v) is 66.6. The molecule has 0 saturated carbocycles. The maximum Gasteiger partial charge on any atom is 0.164 e. The van der Waals surface area contributed by atoms with Crippen LogP contribution in [0.2, 0.25) is 0 Å². The van der Waals surface area contributed by atoms with Crippen molar-refractivity contribution in [3.05, 3.63) is 382 Å². The maximum atomic E-state index is 5.18. The van der Waals surface area contributed by atoms with Crippen molar-refractivity contribution in [3.63, 3.8) is 0 Å². The quantitative estimate of drug-likeness (QED) is 0.143. The molecule has 0 fully saturated rings. The first kappa shape index (κ1) is 68.1. The molecule has 120 heavy (non-hydrogen) atoms. The highest BCUT2D eigenvalue weighted by Gasteiger charge is 2.28.